The standard InChI is InChI=1S/C18H25N3O4/c1-4-18(2,3)13-5-7-14(8-6-13)25-12-16(23)19-15-11-17(24)21(20-15)9-10-22/h5-8,11,20,22H,4,9-10,12H2,1-3H3,(H,19,23). The van der Waals surface area contributed by atoms with Crippen molar-refractivity contribution < 1.29 is 14.6 Å². The van der Waals surface area contributed by atoms with Gasteiger partial charge in [0.05, 0.1) is 13.2 Å². The van der Waals surface area contributed by atoms with Crippen LogP contribution in [0.5, 0.6) is 5.75 Å². The monoisotopic (exact) mass is 347 g/mol. The van der Waals surface area contributed by atoms with Crippen molar-refractivity contribution >= 4 is 11.7 Å². The first-order valence-electron chi connectivity index (χ1n) is 8.29. The number of hydrogen-bond donors (Lipinski definition) is 3. The van der Waals surface area contributed by atoms with E-state index in [-0.39, 0.29) is 42.5 Å². The number of carbonyl (C=O) groups is 1. The smallest absolute Gasteiger partial charge is 0.268 e. The van der Waals surface area contributed by atoms with E-state index in [0.29, 0.717) is 5.75 Å². The fourth-order valence-electron chi connectivity index (χ4n) is 2.31. The molecule has 0 aliphatic carbocycles. The van der Waals surface area contributed by atoms with Crippen LogP contribution in [0.2, 0.25) is 0 Å². The van der Waals surface area contributed by atoms with Crippen molar-refractivity contribution in [1.29, 1.82) is 0 Å². The Balaban J connectivity index is 1.89. The van der Waals surface area contributed by atoms with Crippen LogP contribution in [0, 0.1) is 0 Å². The van der Waals surface area contributed by atoms with Gasteiger partial charge >= 0.3 is 0 Å². The van der Waals surface area contributed by atoms with Gasteiger partial charge in [0.2, 0.25) is 0 Å². The van der Waals surface area contributed by atoms with Crippen LogP contribution in [0.15, 0.2) is 35.1 Å². The lowest BCUT2D eigenvalue weighted by molar-refractivity contribution is -0.118. The number of anilines is 1. The fraction of sp³-hybridized carbons (Fsp3) is 0.444. The summed E-state index contributed by atoms with van der Waals surface area (Å²) in [4.78, 5) is 23.5. The van der Waals surface area contributed by atoms with Crippen LogP contribution in [0.25, 0.3) is 0 Å². The molecular formula is C18H25N3O4. The van der Waals surface area contributed by atoms with Crippen molar-refractivity contribution in [2.24, 2.45) is 0 Å². The average Bonchev–Trinajstić information content (AvgIpc) is 2.93. The number of H-pyrrole nitrogens is 1. The molecule has 7 heteroatoms. The summed E-state index contributed by atoms with van der Waals surface area (Å²) in [6.45, 7) is 6.32. The lowest BCUT2D eigenvalue weighted by Crippen LogP contribution is -2.21. The zero-order valence-electron chi connectivity index (χ0n) is 14.8. The van der Waals surface area contributed by atoms with Crippen LogP contribution >= 0.6 is 0 Å². The summed E-state index contributed by atoms with van der Waals surface area (Å²) < 4.78 is 6.69. The van der Waals surface area contributed by atoms with E-state index in [4.69, 9.17) is 9.84 Å². The number of nitrogens with one attached hydrogen (secondary N) is 2. The molecule has 1 aromatic carbocycles. The molecule has 25 heavy (non-hydrogen) atoms. The van der Waals surface area contributed by atoms with Crippen LogP contribution < -0.4 is 15.6 Å². The largest absolute Gasteiger partial charge is 0.484 e. The van der Waals surface area contributed by atoms with Crippen molar-refractivity contribution in [3.05, 3.63) is 46.2 Å². The number of aliphatic hydroxyl groups is 1. The third-order valence-corrected chi connectivity index (χ3v) is 4.28. The quantitative estimate of drug-likeness (QED) is 0.679. The molecule has 1 heterocycles. The van der Waals surface area contributed by atoms with Gasteiger partial charge in [-0.05, 0) is 29.5 Å². The number of amides is 1. The molecule has 0 fully saturated rings. The Bertz CT molecular complexity index is 759. The normalized spacial score (nSPS) is 11.4. The van der Waals surface area contributed by atoms with Crippen LogP contribution in [-0.4, -0.2) is 34.0 Å². The van der Waals surface area contributed by atoms with E-state index < -0.39 is 0 Å². The van der Waals surface area contributed by atoms with E-state index in [2.05, 4.69) is 31.2 Å². The van der Waals surface area contributed by atoms with E-state index in [9.17, 15) is 9.59 Å². The minimum atomic E-state index is -0.379. The number of ether oxygens (including phenoxy) is 1. The van der Waals surface area contributed by atoms with Gasteiger partial charge in [-0.25, -0.2) is 4.68 Å². The maximum atomic E-state index is 11.9. The molecule has 0 unspecified atom stereocenters. The number of aliphatic hydroxyl groups excluding tert-OH is 1. The van der Waals surface area contributed by atoms with E-state index in [1.165, 1.54) is 16.3 Å². The molecule has 136 valence electrons. The number of aromatic nitrogens is 2. The molecule has 0 spiro atoms. The Morgan fingerprint density at radius 3 is 2.60 bits per heavy atom. The summed E-state index contributed by atoms with van der Waals surface area (Å²) in [7, 11) is 0. The molecular weight excluding hydrogens is 322 g/mol. The van der Waals surface area contributed by atoms with Crippen molar-refractivity contribution in [2.75, 3.05) is 18.5 Å². The zero-order chi connectivity index (χ0) is 18.4. The molecule has 1 aromatic heterocycles. The number of nitrogens with zero attached hydrogens (tertiary/aromatic N) is 1. The summed E-state index contributed by atoms with van der Waals surface area (Å²) in [6.07, 6.45) is 1.03. The highest BCUT2D eigenvalue weighted by molar-refractivity contribution is 5.90. The molecule has 3 N–H and O–H groups in total. The molecule has 0 saturated carbocycles. The molecule has 0 aliphatic heterocycles. The van der Waals surface area contributed by atoms with E-state index >= 15 is 0 Å². The molecule has 2 rings (SSSR count). The minimum absolute atomic E-state index is 0.101. The van der Waals surface area contributed by atoms with Crippen LogP contribution in [-0.2, 0) is 16.8 Å². The number of aromatic amines is 1. The van der Waals surface area contributed by atoms with Gasteiger partial charge in [-0.2, -0.15) is 0 Å². The molecule has 0 saturated heterocycles. The zero-order valence-corrected chi connectivity index (χ0v) is 14.8. The van der Waals surface area contributed by atoms with Gasteiger partial charge < -0.3 is 15.2 Å². The van der Waals surface area contributed by atoms with E-state index in [1.807, 2.05) is 24.3 Å². The lowest BCUT2D eigenvalue weighted by atomic mass is 9.82. The number of benzene rings is 1. The highest BCUT2D eigenvalue weighted by Gasteiger charge is 2.17. The minimum Gasteiger partial charge on any atom is -0.484 e. The second kappa shape index (κ2) is 8.02. The van der Waals surface area contributed by atoms with Crippen molar-refractivity contribution in [3.8, 4) is 5.75 Å². The molecule has 0 atom stereocenters. The van der Waals surface area contributed by atoms with Gasteiger partial charge in [-0.1, -0.05) is 32.9 Å². The number of rotatable bonds is 8. The Labute approximate surface area is 146 Å². The third kappa shape index (κ3) is 4.96. The van der Waals surface area contributed by atoms with Gasteiger partial charge in [0.1, 0.15) is 11.6 Å². The molecule has 0 aliphatic rings. The topological polar surface area (TPSA) is 96.3 Å². The van der Waals surface area contributed by atoms with E-state index in [0.717, 1.165) is 6.42 Å². The summed E-state index contributed by atoms with van der Waals surface area (Å²) in [5.74, 6) is 0.500. The average molecular weight is 347 g/mol. The fourth-order valence-corrected chi connectivity index (χ4v) is 2.31. The highest BCUT2D eigenvalue weighted by atomic mass is 16.5. The first-order valence-corrected chi connectivity index (χ1v) is 8.29. The third-order valence-electron chi connectivity index (χ3n) is 4.28. The Hall–Kier alpha value is -2.54. The van der Waals surface area contributed by atoms with Gasteiger partial charge in [0.15, 0.2) is 6.61 Å². The maximum absolute atomic E-state index is 11.9. The van der Waals surface area contributed by atoms with Gasteiger partial charge in [-0.3, -0.25) is 14.7 Å². The Morgan fingerprint density at radius 1 is 1.32 bits per heavy atom. The molecule has 7 nitrogen and oxygen atoms in total. The van der Waals surface area contributed by atoms with Crippen LogP contribution in [0.4, 0.5) is 5.82 Å². The predicted molar refractivity (Wildman–Crippen MR) is 96.0 cm³/mol. The van der Waals surface area contributed by atoms with E-state index in [1.54, 1.807) is 0 Å². The summed E-state index contributed by atoms with van der Waals surface area (Å²) in [5.41, 5.74) is 0.998. The van der Waals surface area contributed by atoms with Crippen molar-refractivity contribution in [3.63, 3.8) is 0 Å². The SMILES string of the molecule is CCC(C)(C)c1ccc(OCC(=O)Nc2cc(=O)n(CCO)[nH]2)cc1. The predicted octanol–water partition coefficient (Wildman–Crippen LogP) is 1.87. The second-order valence-electron chi connectivity index (χ2n) is 6.48. The Kier molecular flexibility index (Phi) is 6.03. The molecule has 0 bridgehead atoms. The molecule has 2 aromatic rings. The van der Waals surface area contributed by atoms with Crippen LogP contribution in [0.1, 0.15) is 32.8 Å². The lowest BCUT2D eigenvalue weighted by Gasteiger charge is -2.23. The first kappa shape index (κ1) is 18.8. The summed E-state index contributed by atoms with van der Waals surface area (Å²) >= 11 is 0. The van der Waals surface area contributed by atoms with Crippen molar-refractivity contribution in [1.82, 2.24) is 9.78 Å². The maximum Gasteiger partial charge on any atom is 0.268 e. The first-order chi connectivity index (χ1) is 11.9. The number of carbonyl (C=O) groups excluding carboxylic acids is 1. The number of hydrogen-bond acceptors (Lipinski definition) is 4. The summed E-state index contributed by atoms with van der Waals surface area (Å²) in [6, 6.07) is 8.96. The van der Waals surface area contributed by atoms with Crippen molar-refractivity contribution in [2.45, 2.75) is 39.2 Å². The van der Waals surface area contributed by atoms with Gasteiger partial charge in [-0.15, -0.1) is 0 Å². The second-order valence-corrected chi connectivity index (χ2v) is 6.48. The van der Waals surface area contributed by atoms with Gasteiger partial charge in [0.25, 0.3) is 11.5 Å². The highest BCUT2D eigenvalue weighted by Crippen LogP contribution is 2.27. The molecule has 0 radical (unpaired) electrons. The van der Waals surface area contributed by atoms with Gasteiger partial charge in [0, 0.05) is 6.07 Å². The summed E-state index contributed by atoms with van der Waals surface area (Å²) in [5, 5.41) is 14.1. The molecule has 1 amide bonds. The Morgan fingerprint density at radius 2 is 2.00 bits per heavy atom. The van der Waals surface area contributed by atoms with Crippen LogP contribution in [0.3, 0.4) is 0 Å².